The van der Waals surface area contributed by atoms with Crippen LogP contribution in [0.1, 0.15) is 58.6 Å². The van der Waals surface area contributed by atoms with Crippen molar-refractivity contribution in [3.8, 4) is 0 Å². The Kier molecular flexibility index (Phi) is 6.59. The second-order valence-corrected chi connectivity index (χ2v) is 9.90. The Morgan fingerprint density at radius 1 is 1.27 bits per heavy atom. The van der Waals surface area contributed by atoms with E-state index < -0.39 is 34.5 Å². The van der Waals surface area contributed by atoms with E-state index in [1.165, 1.54) is 17.0 Å². The number of esters is 1. The van der Waals surface area contributed by atoms with E-state index in [0.29, 0.717) is 23.8 Å². The molecule has 1 aliphatic heterocycles. The van der Waals surface area contributed by atoms with Crippen LogP contribution in [0.5, 0.6) is 0 Å². The molecule has 30 heavy (non-hydrogen) atoms. The van der Waals surface area contributed by atoms with Gasteiger partial charge in [-0.2, -0.15) is 0 Å². The molecule has 1 aromatic carbocycles. The summed E-state index contributed by atoms with van der Waals surface area (Å²) in [5.74, 6) is -1.000. The summed E-state index contributed by atoms with van der Waals surface area (Å²) >= 11 is 1.64. The van der Waals surface area contributed by atoms with E-state index in [4.69, 9.17) is 9.47 Å². The summed E-state index contributed by atoms with van der Waals surface area (Å²) in [6.45, 7) is 7.61. The number of hydrogen-bond donors (Lipinski definition) is 0. The fraction of sp³-hybridized carbons (Fsp3) is 0.619. The van der Waals surface area contributed by atoms with Crippen LogP contribution in [0.3, 0.4) is 0 Å². The van der Waals surface area contributed by atoms with Crippen LogP contribution in [0, 0.1) is 16.0 Å². The van der Waals surface area contributed by atoms with Gasteiger partial charge in [0, 0.05) is 28.8 Å². The van der Waals surface area contributed by atoms with Crippen LogP contribution < -0.4 is 0 Å². The Balaban J connectivity index is 2.04. The highest BCUT2D eigenvalue weighted by Gasteiger charge is 2.46. The lowest BCUT2D eigenvalue weighted by Crippen LogP contribution is -2.38. The highest BCUT2D eigenvalue weighted by atomic mass is 32.2. The highest BCUT2D eigenvalue weighted by molar-refractivity contribution is 8.00. The van der Waals surface area contributed by atoms with Crippen molar-refractivity contribution in [3.63, 3.8) is 0 Å². The molecule has 9 heteroatoms. The Bertz CT molecular complexity index is 833. The molecule has 8 nitrogen and oxygen atoms in total. The van der Waals surface area contributed by atoms with Crippen LogP contribution in [0.4, 0.5) is 10.5 Å². The normalized spacial score (nSPS) is 21.4. The summed E-state index contributed by atoms with van der Waals surface area (Å²) in [6.07, 6.45) is 2.05. The maximum Gasteiger partial charge on any atom is 0.410 e. The van der Waals surface area contributed by atoms with Crippen molar-refractivity contribution in [1.29, 1.82) is 0 Å². The molecule has 0 bridgehead atoms. The van der Waals surface area contributed by atoms with Gasteiger partial charge in [-0.3, -0.25) is 14.9 Å². The molecule has 2 fully saturated rings. The van der Waals surface area contributed by atoms with Gasteiger partial charge in [0.05, 0.1) is 23.5 Å². The summed E-state index contributed by atoms with van der Waals surface area (Å²) < 4.78 is 10.8. The molecule has 2 aliphatic rings. The standard InChI is InChI=1S/C21H28N2O6S/c1-5-28-19(24)15-10-11-22(20(25)29-21(2,3)4)18(15)16-12-13(23(26)27)6-9-17(16)30-14-7-8-14/h6,9,12,14-15,18H,5,7-8,10-11H2,1-4H3/t15-,18-/m0/s1. The lowest BCUT2D eigenvalue weighted by molar-refractivity contribution is -0.385. The number of ether oxygens (including phenoxy) is 2. The molecular formula is C21H28N2O6S. The first-order valence-corrected chi connectivity index (χ1v) is 11.1. The van der Waals surface area contributed by atoms with Crippen LogP contribution in [0.25, 0.3) is 0 Å². The van der Waals surface area contributed by atoms with E-state index in [1.807, 2.05) is 0 Å². The molecule has 1 saturated carbocycles. The summed E-state index contributed by atoms with van der Waals surface area (Å²) in [4.78, 5) is 39.0. The Morgan fingerprint density at radius 2 is 1.97 bits per heavy atom. The van der Waals surface area contributed by atoms with E-state index in [1.54, 1.807) is 45.5 Å². The van der Waals surface area contributed by atoms with Crippen LogP contribution >= 0.6 is 11.8 Å². The van der Waals surface area contributed by atoms with E-state index in [9.17, 15) is 19.7 Å². The van der Waals surface area contributed by atoms with Crippen molar-refractivity contribution in [3.05, 3.63) is 33.9 Å². The number of nitro benzene ring substituents is 1. The fourth-order valence-electron chi connectivity index (χ4n) is 3.55. The highest BCUT2D eigenvalue weighted by Crippen LogP contribution is 2.47. The third-order valence-corrected chi connectivity index (χ3v) is 6.39. The molecule has 0 aromatic heterocycles. The molecule has 1 saturated heterocycles. The minimum absolute atomic E-state index is 0.0659. The first-order chi connectivity index (χ1) is 14.1. The first-order valence-electron chi connectivity index (χ1n) is 10.2. The SMILES string of the molecule is CCOC(=O)[C@H]1CCN(C(=O)OC(C)(C)C)[C@@H]1c1cc([N+](=O)[O-])ccc1SC1CC1. The molecule has 1 aliphatic carbocycles. The quantitative estimate of drug-likeness (QED) is 0.362. The number of benzene rings is 1. The Labute approximate surface area is 180 Å². The molecule has 3 rings (SSSR count). The van der Waals surface area contributed by atoms with Gasteiger partial charge in [-0.25, -0.2) is 4.79 Å². The molecule has 164 valence electrons. The third kappa shape index (κ3) is 5.24. The van der Waals surface area contributed by atoms with Gasteiger partial charge in [0.2, 0.25) is 0 Å². The first kappa shape index (κ1) is 22.4. The van der Waals surface area contributed by atoms with Crippen LogP contribution in [-0.4, -0.2) is 45.9 Å². The Hall–Kier alpha value is -2.29. The van der Waals surface area contributed by atoms with Crippen LogP contribution in [0.15, 0.2) is 23.1 Å². The zero-order valence-electron chi connectivity index (χ0n) is 17.8. The maximum atomic E-state index is 12.9. The van der Waals surface area contributed by atoms with E-state index in [2.05, 4.69) is 0 Å². The minimum atomic E-state index is -0.697. The van der Waals surface area contributed by atoms with Crippen LogP contribution in [0.2, 0.25) is 0 Å². The lowest BCUT2D eigenvalue weighted by Gasteiger charge is -2.31. The van der Waals surface area contributed by atoms with Crippen molar-refractivity contribution >= 4 is 29.5 Å². The van der Waals surface area contributed by atoms with Gasteiger partial charge in [-0.1, -0.05) is 0 Å². The number of likely N-dealkylation sites (tertiary alicyclic amines) is 1. The second-order valence-electron chi connectivity index (χ2n) is 8.56. The molecule has 0 spiro atoms. The smallest absolute Gasteiger partial charge is 0.410 e. The average molecular weight is 437 g/mol. The summed E-state index contributed by atoms with van der Waals surface area (Å²) in [5.41, 5.74) is -0.149. The van der Waals surface area contributed by atoms with Gasteiger partial charge < -0.3 is 14.4 Å². The maximum absolute atomic E-state index is 12.9. The van der Waals surface area contributed by atoms with Gasteiger partial charge in [0.1, 0.15) is 5.60 Å². The van der Waals surface area contributed by atoms with Crippen molar-refractivity contribution in [2.75, 3.05) is 13.2 Å². The number of amides is 1. The predicted octanol–water partition coefficient (Wildman–Crippen LogP) is 4.71. The van der Waals surface area contributed by atoms with E-state index in [0.717, 1.165) is 17.7 Å². The van der Waals surface area contributed by atoms with Crippen LogP contribution in [-0.2, 0) is 14.3 Å². The van der Waals surface area contributed by atoms with E-state index >= 15 is 0 Å². The van der Waals surface area contributed by atoms with Crippen molar-refractivity contribution in [2.24, 2.45) is 5.92 Å². The summed E-state index contributed by atoms with van der Waals surface area (Å²) in [6, 6.07) is 4.02. The van der Waals surface area contributed by atoms with Gasteiger partial charge in [0.25, 0.3) is 5.69 Å². The number of hydrogen-bond acceptors (Lipinski definition) is 7. The lowest BCUT2D eigenvalue weighted by atomic mass is 9.93. The van der Waals surface area contributed by atoms with Gasteiger partial charge in [-0.05, 0) is 58.6 Å². The number of rotatable bonds is 6. The number of nitrogens with zero attached hydrogens (tertiary/aromatic N) is 2. The molecule has 1 aromatic rings. The van der Waals surface area contributed by atoms with E-state index in [-0.39, 0.29) is 12.3 Å². The number of carbonyl (C=O) groups is 2. The molecule has 0 unspecified atom stereocenters. The number of thioether (sulfide) groups is 1. The molecule has 0 N–H and O–H groups in total. The Morgan fingerprint density at radius 3 is 2.53 bits per heavy atom. The molecule has 0 radical (unpaired) electrons. The van der Waals surface area contributed by atoms with Gasteiger partial charge >= 0.3 is 12.1 Å². The predicted molar refractivity (Wildman–Crippen MR) is 112 cm³/mol. The monoisotopic (exact) mass is 436 g/mol. The molecular weight excluding hydrogens is 408 g/mol. The zero-order valence-corrected chi connectivity index (χ0v) is 18.6. The topological polar surface area (TPSA) is 99.0 Å². The van der Waals surface area contributed by atoms with Crippen molar-refractivity contribution < 1.29 is 24.0 Å². The molecule has 1 amide bonds. The zero-order chi connectivity index (χ0) is 22.1. The molecule has 1 heterocycles. The van der Waals surface area contributed by atoms with Gasteiger partial charge in [-0.15, -0.1) is 11.8 Å². The number of carbonyl (C=O) groups excluding carboxylic acids is 2. The third-order valence-electron chi connectivity index (χ3n) is 4.96. The van der Waals surface area contributed by atoms with Crippen molar-refractivity contribution in [1.82, 2.24) is 4.90 Å². The largest absolute Gasteiger partial charge is 0.466 e. The number of nitro groups is 1. The average Bonchev–Trinajstić information content (AvgIpc) is 3.35. The number of non-ortho nitro benzene ring substituents is 1. The van der Waals surface area contributed by atoms with Gasteiger partial charge in [0.15, 0.2) is 0 Å². The summed E-state index contributed by atoms with van der Waals surface area (Å²) in [5, 5.41) is 11.9. The molecule has 2 atom stereocenters. The second kappa shape index (κ2) is 8.83. The summed E-state index contributed by atoms with van der Waals surface area (Å²) in [7, 11) is 0. The fourth-order valence-corrected chi connectivity index (χ4v) is 4.75. The minimum Gasteiger partial charge on any atom is -0.466 e. The van der Waals surface area contributed by atoms with Crippen molar-refractivity contribution in [2.45, 2.75) is 68.7 Å².